The summed E-state index contributed by atoms with van der Waals surface area (Å²) in [4.78, 5) is 18.1. The lowest BCUT2D eigenvalue weighted by molar-refractivity contribution is 0.293. The number of fused-ring (bicyclic) bond motifs is 1. The molecule has 0 aliphatic rings. The molecule has 0 aliphatic carbocycles. The average Bonchev–Trinajstić information content (AvgIpc) is 2.76. The second-order valence-electron chi connectivity index (χ2n) is 7.36. The molecule has 6 heteroatoms. The maximum Gasteiger partial charge on any atom is 0.261 e. The lowest BCUT2D eigenvalue weighted by Crippen LogP contribution is -2.26. The van der Waals surface area contributed by atoms with Crippen molar-refractivity contribution in [3.63, 3.8) is 0 Å². The van der Waals surface area contributed by atoms with Crippen LogP contribution in [-0.4, -0.2) is 23.3 Å². The molecule has 0 spiro atoms. The maximum absolute atomic E-state index is 13.3. The lowest BCUT2D eigenvalue weighted by Gasteiger charge is -2.16. The summed E-state index contributed by atoms with van der Waals surface area (Å²) in [5.74, 6) is 2.21. The largest absolute Gasteiger partial charge is 0.497 e. The zero-order valence-electron chi connectivity index (χ0n) is 17.7. The van der Waals surface area contributed by atoms with Gasteiger partial charge in [-0.05, 0) is 73.5 Å². The zero-order valence-corrected chi connectivity index (χ0v) is 19.3. The lowest BCUT2D eigenvalue weighted by atomic mass is 10.1. The van der Waals surface area contributed by atoms with Gasteiger partial charge in [-0.3, -0.25) is 9.36 Å². The van der Waals surface area contributed by atoms with Crippen molar-refractivity contribution in [2.24, 2.45) is 0 Å². The Kier molecular flexibility index (Phi) is 6.09. The van der Waals surface area contributed by atoms with E-state index in [0.29, 0.717) is 29.9 Å². The highest BCUT2D eigenvalue weighted by molar-refractivity contribution is 9.10. The van der Waals surface area contributed by atoms with Gasteiger partial charge >= 0.3 is 0 Å². The van der Waals surface area contributed by atoms with E-state index in [1.54, 1.807) is 11.7 Å². The van der Waals surface area contributed by atoms with Gasteiger partial charge in [0, 0.05) is 10.0 Å². The standard InChI is InChI=1S/C25H23BrN2O3/c1-16-14-19(26)15-17(2)23(16)31-13-12-28-24(18-8-10-20(30-3)11-9-18)27-22-7-5-4-6-21(22)25(28)29/h4-11,14-15H,12-13H2,1-3H3. The van der Waals surface area contributed by atoms with Crippen molar-refractivity contribution in [2.45, 2.75) is 20.4 Å². The van der Waals surface area contributed by atoms with Gasteiger partial charge in [-0.1, -0.05) is 28.1 Å². The third kappa shape index (κ3) is 4.35. The van der Waals surface area contributed by atoms with Gasteiger partial charge in [0.15, 0.2) is 0 Å². The predicted octanol–water partition coefficient (Wildman–Crippen LogP) is 5.53. The van der Waals surface area contributed by atoms with Crippen molar-refractivity contribution >= 4 is 26.8 Å². The Hall–Kier alpha value is -3.12. The van der Waals surface area contributed by atoms with Crippen molar-refractivity contribution in [1.29, 1.82) is 0 Å². The fourth-order valence-corrected chi connectivity index (χ4v) is 4.39. The van der Waals surface area contributed by atoms with Crippen LogP contribution in [0.15, 0.2) is 69.9 Å². The first kappa shape index (κ1) is 21.1. The molecule has 1 aromatic heterocycles. The molecule has 0 radical (unpaired) electrons. The number of benzene rings is 3. The van der Waals surface area contributed by atoms with Gasteiger partial charge in [0.1, 0.15) is 23.9 Å². The Morgan fingerprint density at radius 2 is 1.68 bits per heavy atom. The molecule has 5 nitrogen and oxygen atoms in total. The van der Waals surface area contributed by atoms with E-state index in [1.807, 2.05) is 74.5 Å². The van der Waals surface area contributed by atoms with E-state index in [9.17, 15) is 4.79 Å². The Bertz CT molecular complexity index is 1270. The number of aromatic nitrogens is 2. The predicted molar refractivity (Wildman–Crippen MR) is 127 cm³/mol. The van der Waals surface area contributed by atoms with Gasteiger partial charge in [-0.2, -0.15) is 0 Å². The van der Waals surface area contributed by atoms with Crippen molar-refractivity contribution in [3.8, 4) is 22.9 Å². The second kappa shape index (κ2) is 8.94. The van der Waals surface area contributed by atoms with Crippen molar-refractivity contribution in [1.82, 2.24) is 9.55 Å². The van der Waals surface area contributed by atoms with Crippen LogP contribution >= 0.6 is 15.9 Å². The highest BCUT2D eigenvalue weighted by atomic mass is 79.9. The molecule has 3 aromatic carbocycles. The number of ether oxygens (including phenoxy) is 2. The molecule has 0 saturated carbocycles. The molecule has 0 saturated heterocycles. The first-order valence-electron chi connectivity index (χ1n) is 10.0. The van der Waals surface area contributed by atoms with Crippen molar-refractivity contribution < 1.29 is 9.47 Å². The number of nitrogens with zero attached hydrogens (tertiary/aromatic N) is 2. The van der Waals surface area contributed by atoms with Crippen LogP contribution in [0.2, 0.25) is 0 Å². The van der Waals surface area contributed by atoms with Crippen LogP contribution in [0.1, 0.15) is 11.1 Å². The molecular weight excluding hydrogens is 456 g/mol. The highest BCUT2D eigenvalue weighted by Crippen LogP contribution is 2.27. The molecule has 0 bridgehead atoms. The summed E-state index contributed by atoms with van der Waals surface area (Å²) >= 11 is 3.51. The quantitative estimate of drug-likeness (QED) is 0.365. The van der Waals surface area contributed by atoms with Crippen LogP contribution in [0, 0.1) is 13.8 Å². The number of halogens is 1. The van der Waals surface area contributed by atoms with Crippen molar-refractivity contribution in [3.05, 3.63) is 86.6 Å². The first-order valence-corrected chi connectivity index (χ1v) is 10.8. The molecule has 4 rings (SSSR count). The number of para-hydroxylation sites is 1. The monoisotopic (exact) mass is 478 g/mol. The van der Waals surface area contributed by atoms with Crippen LogP contribution in [0.3, 0.4) is 0 Å². The Morgan fingerprint density at radius 1 is 1.00 bits per heavy atom. The Morgan fingerprint density at radius 3 is 2.35 bits per heavy atom. The van der Waals surface area contributed by atoms with Gasteiger partial charge < -0.3 is 9.47 Å². The van der Waals surface area contributed by atoms with Crippen LogP contribution in [0.25, 0.3) is 22.3 Å². The Balaban J connectivity index is 1.72. The molecule has 0 aliphatic heterocycles. The zero-order chi connectivity index (χ0) is 22.0. The van der Waals surface area contributed by atoms with Gasteiger partial charge in [-0.25, -0.2) is 4.98 Å². The third-order valence-electron chi connectivity index (χ3n) is 5.20. The van der Waals surface area contributed by atoms with E-state index >= 15 is 0 Å². The summed E-state index contributed by atoms with van der Waals surface area (Å²) < 4.78 is 14.1. The first-order chi connectivity index (χ1) is 15.0. The van der Waals surface area contributed by atoms with Gasteiger partial charge in [0.25, 0.3) is 5.56 Å². The molecular formula is C25H23BrN2O3. The maximum atomic E-state index is 13.3. The van der Waals surface area contributed by atoms with E-state index < -0.39 is 0 Å². The van der Waals surface area contributed by atoms with E-state index in [2.05, 4.69) is 15.9 Å². The Labute approximate surface area is 189 Å². The highest BCUT2D eigenvalue weighted by Gasteiger charge is 2.14. The molecule has 158 valence electrons. The van der Waals surface area contributed by atoms with Crippen molar-refractivity contribution in [2.75, 3.05) is 13.7 Å². The number of aryl methyl sites for hydroxylation is 2. The topological polar surface area (TPSA) is 53.3 Å². The molecule has 31 heavy (non-hydrogen) atoms. The molecule has 0 amide bonds. The smallest absolute Gasteiger partial charge is 0.261 e. The molecule has 1 heterocycles. The molecule has 0 atom stereocenters. The number of methoxy groups -OCH3 is 1. The molecule has 0 fully saturated rings. The van der Waals surface area contributed by atoms with E-state index in [1.165, 1.54) is 0 Å². The minimum absolute atomic E-state index is 0.0794. The second-order valence-corrected chi connectivity index (χ2v) is 8.27. The average molecular weight is 479 g/mol. The van der Waals surface area contributed by atoms with Gasteiger partial charge in [0.2, 0.25) is 0 Å². The van der Waals surface area contributed by atoms with Crippen LogP contribution in [0.4, 0.5) is 0 Å². The fraction of sp³-hybridized carbons (Fsp3) is 0.200. The fourth-order valence-electron chi connectivity index (χ4n) is 3.70. The van der Waals surface area contributed by atoms with E-state index in [-0.39, 0.29) is 5.56 Å². The molecule has 0 N–H and O–H groups in total. The number of hydrogen-bond donors (Lipinski definition) is 0. The third-order valence-corrected chi connectivity index (χ3v) is 5.65. The van der Waals surface area contributed by atoms with Crippen LogP contribution in [0.5, 0.6) is 11.5 Å². The summed E-state index contributed by atoms with van der Waals surface area (Å²) in [6.45, 7) is 4.76. The normalized spacial score (nSPS) is 11.0. The van der Waals surface area contributed by atoms with Crippen LogP contribution in [-0.2, 0) is 6.54 Å². The summed E-state index contributed by atoms with van der Waals surface area (Å²) in [6, 6.07) is 19.0. The molecule has 0 unspecified atom stereocenters. The minimum atomic E-state index is -0.0794. The number of rotatable bonds is 6. The van der Waals surface area contributed by atoms with E-state index in [4.69, 9.17) is 14.5 Å². The summed E-state index contributed by atoms with van der Waals surface area (Å²) in [5.41, 5.74) is 3.54. The number of hydrogen-bond acceptors (Lipinski definition) is 4. The molecule has 4 aromatic rings. The van der Waals surface area contributed by atoms with Crippen LogP contribution < -0.4 is 15.0 Å². The summed E-state index contributed by atoms with van der Waals surface area (Å²) in [6.07, 6.45) is 0. The minimum Gasteiger partial charge on any atom is -0.497 e. The SMILES string of the molecule is COc1ccc(-c2nc3ccccc3c(=O)n2CCOc2c(C)cc(Br)cc2C)cc1. The van der Waals surface area contributed by atoms with Gasteiger partial charge in [0.05, 0.1) is 24.6 Å². The van der Waals surface area contributed by atoms with Gasteiger partial charge in [-0.15, -0.1) is 0 Å². The summed E-state index contributed by atoms with van der Waals surface area (Å²) in [5, 5.41) is 0.593. The van der Waals surface area contributed by atoms with E-state index in [0.717, 1.165) is 32.7 Å². The summed E-state index contributed by atoms with van der Waals surface area (Å²) in [7, 11) is 1.63.